The van der Waals surface area contributed by atoms with E-state index in [-0.39, 0.29) is 11.1 Å². The lowest BCUT2D eigenvalue weighted by Crippen LogP contribution is -2.30. The van der Waals surface area contributed by atoms with Crippen LogP contribution >= 0.6 is 11.8 Å². The van der Waals surface area contributed by atoms with Gasteiger partial charge in [0.2, 0.25) is 0 Å². The monoisotopic (exact) mass is 375 g/mol. The zero-order valence-corrected chi connectivity index (χ0v) is 15.3. The molecule has 5 heteroatoms. The summed E-state index contributed by atoms with van der Waals surface area (Å²) in [5.41, 5.74) is 2.06. The highest BCUT2D eigenvalue weighted by molar-refractivity contribution is 8.18. The topological polar surface area (TPSA) is 50.5 Å². The Kier molecular flexibility index (Phi) is 4.94. The van der Waals surface area contributed by atoms with Gasteiger partial charge in [-0.05, 0) is 35.9 Å². The molecule has 0 radical (unpaired) electrons. The Morgan fingerprint density at radius 2 is 1.59 bits per heavy atom. The average molecular weight is 375 g/mol. The van der Waals surface area contributed by atoms with Gasteiger partial charge in [-0.15, -0.1) is 0 Å². The van der Waals surface area contributed by atoms with Crippen LogP contribution in [0.2, 0.25) is 0 Å². The number of rotatable bonds is 5. The highest BCUT2D eigenvalue weighted by atomic mass is 32.2. The fraction of sp³-hybridized carbons (Fsp3) is 0.0909. The summed E-state index contributed by atoms with van der Waals surface area (Å²) >= 11 is 0.955. The van der Waals surface area contributed by atoms with E-state index in [0.29, 0.717) is 23.6 Å². The van der Waals surface area contributed by atoms with Crippen LogP contribution in [0, 0.1) is 0 Å². The number of hydrogen-bond donors (Lipinski definition) is 0. The molecule has 3 aromatic rings. The molecule has 0 atom stereocenters. The van der Waals surface area contributed by atoms with Crippen LogP contribution in [0.15, 0.2) is 82.1 Å². The smallest absolute Gasteiger partial charge is 0.293 e. The maximum atomic E-state index is 12.6. The summed E-state index contributed by atoms with van der Waals surface area (Å²) in [4.78, 5) is 26.5. The fourth-order valence-corrected chi connectivity index (χ4v) is 3.74. The number of nitrogens with zero attached hydrogens (tertiary/aromatic N) is 1. The molecule has 1 aromatic heterocycles. The predicted molar refractivity (Wildman–Crippen MR) is 107 cm³/mol. The fourth-order valence-electron chi connectivity index (χ4n) is 2.90. The molecule has 0 spiro atoms. The molecular weight excluding hydrogens is 358 g/mol. The van der Waals surface area contributed by atoms with E-state index in [1.54, 1.807) is 12.1 Å². The Labute approximate surface area is 161 Å². The summed E-state index contributed by atoms with van der Waals surface area (Å²) in [6.07, 6.45) is 2.28. The van der Waals surface area contributed by atoms with Crippen molar-refractivity contribution in [3.8, 4) is 11.3 Å². The van der Waals surface area contributed by atoms with Crippen molar-refractivity contribution < 1.29 is 14.0 Å². The molecule has 2 amide bonds. The predicted octanol–water partition coefficient (Wildman–Crippen LogP) is 5.23. The van der Waals surface area contributed by atoms with Gasteiger partial charge in [-0.3, -0.25) is 14.5 Å². The van der Waals surface area contributed by atoms with E-state index >= 15 is 0 Å². The van der Waals surface area contributed by atoms with Gasteiger partial charge in [-0.2, -0.15) is 0 Å². The van der Waals surface area contributed by atoms with Gasteiger partial charge < -0.3 is 4.42 Å². The highest BCUT2D eigenvalue weighted by Gasteiger charge is 2.34. The van der Waals surface area contributed by atoms with Gasteiger partial charge in [0.25, 0.3) is 11.1 Å². The third-order valence-electron chi connectivity index (χ3n) is 4.30. The van der Waals surface area contributed by atoms with E-state index in [4.69, 9.17) is 4.42 Å². The minimum Gasteiger partial charge on any atom is -0.457 e. The lowest BCUT2D eigenvalue weighted by atomic mass is 10.1. The van der Waals surface area contributed by atoms with Gasteiger partial charge >= 0.3 is 0 Å². The molecule has 2 heterocycles. The van der Waals surface area contributed by atoms with Gasteiger partial charge in [-0.1, -0.05) is 60.7 Å². The van der Waals surface area contributed by atoms with Gasteiger partial charge in [0, 0.05) is 18.2 Å². The number of carbonyl (C=O) groups is 2. The zero-order valence-electron chi connectivity index (χ0n) is 14.5. The van der Waals surface area contributed by atoms with Gasteiger partial charge in [0.05, 0.1) is 4.91 Å². The quantitative estimate of drug-likeness (QED) is 0.573. The van der Waals surface area contributed by atoms with Gasteiger partial charge in [0.15, 0.2) is 0 Å². The van der Waals surface area contributed by atoms with Crippen LogP contribution in [0.5, 0.6) is 0 Å². The molecule has 4 rings (SSSR count). The second kappa shape index (κ2) is 7.68. The highest BCUT2D eigenvalue weighted by Crippen LogP contribution is 2.33. The van der Waals surface area contributed by atoms with Crippen molar-refractivity contribution in [1.29, 1.82) is 0 Å². The third kappa shape index (κ3) is 3.88. The standard InChI is InChI=1S/C22H17NO3S/c24-21-20(15-18-11-12-19(26-18)17-9-5-2-6-10-17)27-22(25)23(21)14-13-16-7-3-1-4-8-16/h1-12,15H,13-14H2/b20-15-. The van der Waals surface area contributed by atoms with E-state index in [9.17, 15) is 9.59 Å². The summed E-state index contributed by atoms with van der Waals surface area (Å²) in [7, 11) is 0. The molecule has 27 heavy (non-hydrogen) atoms. The van der Waals surface area contributed by atoms with Crippen LogP contribution in [-0.4, -0.2) is 22.6 Å². The summed E-state index contributed by atoms with van der Waals surface area (Å²) < 4.78 is 5.81. The lowest BCUT2D eigenvalue weighted by molar-refractivity contribution is -0.122. The molecule has 1 aliphatic rings. The van der Waals surface area contributed by atoms with Gasteiger partial charge in [-0.25, -0.2) is 0 Å². The molecule has 4 nitrogen and oxygen atoms in total. The van der Waals surface area contributed by atoms with Crippen LogP contribution in [0.25, 0.3) is 17.4 Å². The van der Waals surface area contributed by atoms with E-state index in [1.165, 1.54) is 4.90 Å². The summed E-state index contributed by atoms with van der Waals surface area (Å²) in [5.74, 6) is 1.02. The van der Waals surface area contributed by atoms with Gasteiger partial charge in [0.1, 0.15) is 11.5 Å². The molecule has 0 saturated carbocycles. The second-order valence-corrected chi connectivity index (χ2v) is 7.13. The number of benzene rings is 2. The molecule has 0 aliphatic carbocycles. The van der Waals surface area contributed by atoms with Crippen LogP contribution in [-0.2, 0) is 11.2 Å². The largest absolute Gasteiger partial charge is 0.457 e. The molecular formula is C22H17NO3S. The lowest BCUT2D eigenvalue weighted by Gasteiger charge is -2.11. The Bertz CT molecular complexity index is 993. The molecule has 1 aliphatic heterocycles. The van der Waals surface area contributed by atoms with Crippen molar-refractivity contribution in [2.24, 2.45) is 0 Å². The summed E-state index contributed by atoms with van der Waals surface area (Å²) in [6, 6.07) is 23.2. The summed E-state index contributed by atoms with van der Waals surface area (Å²) in [6.45, 7) is 0.374. The van der Waals surface area contributed by atoms with E-state index < -0.39 is 0 Å². The Morgan fingerprint density at radius 3 is 2.33 bits per heavy atom. The molecule has 134 valence electrons. The molecule has 0 bridgehead atoms. The van der Waals surface area contributed by atoms with Crippen molar-refractivity contribution in [2.45, 2.75) is 6.42 Å². The number of imide groups is 1. The Morgan fingerprint density at radius 1 is 0.889 bits per heavy atom. The van der Waals surface area contributed by atoms with E-state index in [1.807, 2.05) is 66.7 Å². The molecule has 1 fully saturated rings. The number of thioether (sulfide) groups is 1. The van der Waals surface area contributed by atoms with Crippen LogP contribution < -0.4 is 0 Å². The van der Waals surface area contributed by atoms with E-state index in [2.05, 4.69) is 0 Å². The van der Waals surface area contributed by atoms with Crippen molar-refractivity contribution >= 4 is 29.0 Å². The Hall–Kier alpha value is -3.05. The van der Waals surface area contributed by atoms with Crippen molar-refractivity contribution in [1.82, 2.24) is 4.90 Å². The van der Waals surface area contributed by atoms with Crippen LogP contribution in [0.4, 0.5) is 4.79 Å². The minimum atomic E-state index is -0.265. The Balaban J connectivity index is 1.47. The third-order valence-corrected chi connectivity index (χ3v) is 5.21. The first-order valence-corrected chi connectivity index (χ1v) is 9.47. The molecule has 0 unspecified atom stereocenters. The molecule has 2 aromatic carbocycles. The number of hydrogen-bond acceptors (Lipinski definition) is 4. The van der Waals surface area contributed by atoms with Crippen molar-refractivity contribution in [3.63, 3.8) is 0 Å². The zero-order chi connectivity index (χ0) is 18.6. The number of carbonyl (C=O) groups excluding carboxylic acids is 2. The minimum absolute atomic E-state index is 0.239. The molecule has 0 N–H and O–H groups in total. The first-order valence-electron chi connectivity index (χ1n) is 8.65. The maximum Gasteiger partial charge on any atom is 0.293 e. The second-order valence-electron chi connectivity index (χ2n) is 6.14. The SMILES string of the molecule is O=C1S/C(=C\c2ccc(-c3ccccc3)o2)C(=O)N1CCc1ccccc1. The summed E-state index contributed by atoms with van der Waals surface area (Å²) in [5, 5.41) is -0.239. The van der Waals surface area contributed by atoms with Crippen LogP contribution in [0.3, 0.4) is 0 Å². The average Bonchev–Trinajstić information content (AvgIpc) is 3.27. The normalized spacial score (nSPS) is 15.7. The van der Waals surface area contributed by atoms with Crippen molar-refractivity contribution in [3.05, 3.63) is 89.0 Å². The number of furan rings is 1. The van der Waals surface area contributed by atoms with Crippen LogP contribution in [0.1, 0.15) is 11.3 Å². The molecule has 1 saturated heterocycles. The van der Waals surface area contributed by atoms with Crippen molar-refractivity contribution in [2.75, 3.05) is 6.54 Å². The number of amides is 2. The van der Waals surface area contributed by atoms with E-state index in [0.717, 1.165) is 28.6 Å². The first kappa shape index (κ1) is 17.4. The first-order chi connectivity index (χ1) is 13.2. The maximum absolute atomic E-state index is 12.6.